The van der Waals surface area contributed by atoms with E-state index in [4.69, 9.17) is 5.73 Å². The van der Waals surface area contributed by atoms with Crippen molar-refractivity contribution in [1.29, 1.82) is 0 Å². The van der Waals surface area contributed by atoms with Crippen LogP contribution in [-0.2, 0) is 4.79 Å². The summed E-state index contributed by atoms with van der Waals surface area (Å²) >= 11 is 4.45. The lowest BCUT2D eigenvalue weighted by atomic mass is 10.3. The lowest BCUT2D eigenvalue weighted by molar-refractivity contribution is -0.121. The highest BCUT2D eigenvalue weighted by molar-refractivity contribution is 7.80. The number of hydrazine groups is 1. The Labute approximate surface area is 65.1 Å². The van der Waals surface area contributed by atoms with Gasteiger partial charge in [-0.15, -0.1) is 0 Å². The molecule has 0 rings (SSSR count). The van der Waals surface area contributed by atoms with Gasteiger partial charge in [0.25, 0.3) is 0 Å². The SMILES string of the molecule is CCCC(=O)NNC(N)=S. The van der Waals surface area contributed by atoms with E-state index in [0.29, 0.717) is 6.42 Å². The molecule has 5 heteroatoms. The maximum Gasteiger partial charge on any atom is 0.238 e. The number of hydrogen-bond acceptors (Lipinski definition) is 2. The summed E-state index contributed by atoms with van der Waals surface area (Å²) in [5, 5.41) is 0.0736. The molecule has 0 aliphatic rings. The first kappa shape index (κ1) is 9.16. The summed E-state index contributed by atoms with van der Waals surface area (Å²) in [6, 6.07) is 0. The molecule has 0 aromatic rings. The zero-order chi connectivity index (χ0) is 7.98. The van der Waals surface area contributed by atoms with Crippen LogP contribution < -0.4 is 16.6 Å². The van der Waals surface area contributed by atoms with Gasteiger partial charge in [-0.25, -0.2) is 0 Å². The highest BCUT2D eigenvalue weighted by Gasteiger charge is 1.95. The zero-order valence-electron chi connectivity index (χ0n) is 5.81. The lowest BCUT2D eigenvalue weighted by Crippen LogP contribution is -2.44. The molecule has 1 amide bonds. The van der Waals surface area contributed by atoms with Crippen molar-refractivity contribution >= 4 is 23.2 Å². The van der Waals surface area contributed by atoms with E-state index in [1.807, 2.05) is 6.92 Å². The minimum atomic E-state index is -0.102. The molecule has 0 aliphatic heterocycles. The predicted octanol–water partition coefficient (Wildman–Crippen LogP) is -0.349. The molecule has 0 spiro atoms. The number of thiocarbonyl (C=S) groups is 1. The number of hydrogen-bond donors (Lipinski definition) is 3. The fourth-order valence-corrected chi connectivity index (χ4v) is 0.472. The van der Waals surface area contributed by atoms with E-state index >= 15 is 0 Å². The van der Waals surface area contributed by atoms with Crippen molar-refractivity contribution < 1.29 is 4.79 Å². The molecular weight excluding hydrogens is 150 g/mol. The summed E-state index contributed by atoms with van der Waals surface area (Å²) in [4.78, 5) is 10.7. The Balaban J connectivity index is 3.30. The van der Waals surface area contributed by atoms with Crippen molar-refractivity contribution in [3.05, 3.63) is 0 Å². The van der Waals surface area contributed by atoms with E-state index in [0.717, 1.165) is 6.42 Å². The standard InChI is InChI=1S/C5H11N3OS/c1-2-3-4(9)7-8-5(6)10/h2-3H2,1H3,(H,7,9)(H3,6,8,10). The number of carbonyl (C=O) groups excluding carboxylic acids is 1. The Morgan fingerprint density at radius 3 is 2.60 bits per heavy atom. The molecule has 0 aromatic heterocycles. The minimum Gasteiger partial charge on any atom is -0.375 e. The Bertz CT molecular complexity index is 137. The van der Waals surface area contributed by atoms with Gasteiger partial charge in [-0.2, -0.15) is 0 Å². The first-order valence-electron chi connectivity index (χ1n) is 3.01. The molecule has 0 unspecified atom stereocenters. The van der Waals surface area contributed by atoms with Crippen LogP contribution in [-0.4, -0.2) is 11.0 Å². The number of rotatable bonds is 2. The van der Waals surface area contributed by atoms with Crippen LogP contribution in [0.3, 0.4) is 0 Å². The third kappa shape index (κ3) is 5.30. The number of carbonyl (C=O) groups is 1. The lowest BCUT2D eigenvalue weighted by Gasteiger charge is -2.03. The molecular formula is C5H11N3OS. The van der Waals surface area contributed by atoms with Crippen molar-refractivity contribution in [2.24, 2.45) is 5.73 Å². The van der Waals surface area contributed by atoms with Crippen LogP contribution in [0.2, 0.25) is 0 Å². The summed E-state index contributed by atoms with van der Waals surface area (Å²) in [7, 11) is 0. The largest absolute Gasteiger partial charge is 0.375 e. The van der Waals surface area contributed by atoms with Crippen molar-refractivity contribution in [2.45, 2.75) is 19.8 Å². The topological polar surface area (TPSA) is 67.2 Å². The van der Waals surface area contributed by atoms with Gasteiger partial charge in [-0.3, -0.25) is 15.6 Å². The van der Waals surface area contributed by atoms with Crippen LogP contribution in [0.5, 0.6) is 0 Å². The Morgan fingerprint density at radius 1 is 1.60 bits per heavy atom. The van der Waals surface area contributed by atoms with Gasteiger partial charge in [-0.1, -0.05) is 6.92 Å². The zero-order valence-corrected chi connectivity index (χ0v) is 6.62. The Morgan fingerprint density at radius 2 is 2.20 bits per heavy atom. The predicted molar refractivity (Wildman–Crippen MR) is 43.0 cm³/mol. The van der Waals surface area contributed by atoms with Crippen LogP contribution >= 0.6 is 12.2 Å². The van der Waals surface area contributed by atoms with Gasteiger partial charge in [0.15, 0.2) is 5.11 Å². The third-order valence-corrected chi connectivity index (χ3v) is 0.904. The first-order valence-corrected chi connectivity index (χ1v) is 3.42. The average Bonchev–Trinajstić information content (AvgIpc) is 1.85. The molecule has 4 nitrogen and oxygen atoms in total. The second-order valence-corrected chi connectivity index (χ2v) is 2.23. The van der Waals surface area contributed by atoms with Gasteiger partial charge in [0.1, 0.15) is 0 Å². The summed E-state index contributed by atoms with van der Waals surface area (Å²) in [5.74, 6) is -0.102. The van der Waals surface area contributed by atoms with E-state index in [9.17, 15) is 4.79 Å². The summed E-state index contributed by atoms with van der Waals surface area (Å²) in [5.41, 5.74) is 9.71. The normalized spacial score (nSPS) is 8.50. The van der Waals surface area contributed by atoms with Gasteiger partial charge in [0.2, 0.25) is 5.91 Å². The molecule has 58 valence electrons. The van der Waals surface area contributed by atoms with Crippen molar-refractivity contribution in [3.8, 4) is 0 Å². The molecule has 0 bridgehead atoms. The van der Waals surface area contributed by atoms with Crippen molar-refractivity contribution in [2.75, 3.05) is 0 Å². The smallest absolute Gasteiger partial charge is 0.238 e. The highest BCUT2D eigenvalue weighted by Crippen LogP contribution is 1.82. The van der Waals surface area contributed by atoms with Gasteiger partial charge < -0.3 is 5.73 Å². The molecule has 10 heavy (non-hydrogen) atoms. The molecule has 0 saturated heterocycles. The van der Waals surface area contributed by atoms with Gasteiger partial charge >= 0.3 is 0 Å². The van der Waals surface area contributed by atoms with E-state index in [1.165, 1.54) is 0 Å². The second kappa shape index (κ2) is 4.99. The fourth-order valence-electron chi connectivity index (χ4n) is 0.421. The van der Waals surface area contributed by atoms with E-state index < -0.39 is 0 Å². The van der Waals surface area contributed by atoms with E-state index in [-0.39, 0.29) is 11.0 Å². The third-order valence-electron chi connectivity index (χ3n) is 0.802. The molecule has 0 saturated carbocycles. The molecule has 0 heterocycles. The van der Waals surface area contributed by atoms with E-state index in [2.05, 4.69) is 23.1 Å². The van der Waals surface area contributed by atoms with Crippen molar-refractivity contribution in [3.63, 3.8) is 0 Å². The number of nitrogens with two attached hydrogens (primary N) is 1. The Hall–Kier alpha value is -0.840. The van der Waals surface area contributed by atoms with Crippen LogP contribution in [0.4, 0.5) is 0 Å². The summed E-state index contributed by atoms with van der Waals surface area (Å²) in [6.45, 7) is 1.92. The van der Waals surface area contributed by atoms with Crippen LogP contribution in [0.15, 0.2) is 0 Å². The average molecular weight is 161 g/mol. The molecule has 0 radical (unpaired) electrons. The quantitative estimate of drug-likeness (QED) is 0.382. The molecule has 0 aromatic carbocycles. The van der Waals surface area contributed by atoms with Crippen LogP contribution in [0, 0.1) is 0 Å². The van der Waals surface area contributed by atoms with Gasteiger partial charge in [0, 0.05) is 6.42 Å². The Kier molecular flexibility index (Phi) is 4.57. The maximum atomic E-state index is 10.7. The van der Waals surface area contributed by atoms with Crippen molar-refractivity contribution in [1.82, 2.24) is 10.9 Å². The summed E-state index contributed by atoms with van der Waals surface area (Å²) < 4.78 is 0. The molecule has 4 N–H and O–H groups in total. The highest BCUT2D eigenvalue weighted by atomic mass is 32.1. The summed E-state index contributed by atoms with van der Waals surface area (Å²) in [6.07, 6.45) is 1.29. The maximum absolute atomic E-state index is 10.7. The fraction of sp³-hybridized carbons (Fsp3) is 0.600. The van der Waals surface area contributed by atoms with Crippen LogP contribution in [0.25, 0.3) is 0 Å². The van der Waals surface area contributed by atoms with Crippen LogP contribution in [0.1, 0.15) is 19.8 Å². The number of nitrogens with one attached hydrogen (secondary N) is 2. The van der Waals surface area contributed by atoms with Gasteiger partial charge in [0.05, 0.1) is 0 Å². The molecule has 0 aliphatic carbocycles. The van der Waals surface area contributed by atoms with E-state index in [1.54, 1.807) is 0 Å². The first-order chi connectivity index (χ1) is 4.66. The molecule has 0 fully saturated rings. The monoisotopic (exact) mass is 161 g/mol. The number of amides is 1. The minimum absolute atomic E-state index is 0.0736. The second-order valence-electron chi connectivity index (χ2n) is 1.79. The molecule has 0 atom stereocenters. The van der Waals surface area contributed by atoms with Gasteiger partial charge in [-0.05, 0) is 18.6 Å².